The van der Waals surface area contributed by atoms with Crippen molar-refractivity contribution >= 4 is 93.9 Å². The maximum absolute atomic E-state index is 11.8. The fraction of sp³-hybridized carbons (Fsp3) is 0. The van der Waals surface area contributed by atoms with Crippen molar-refractivity contribution in [1.29, 1.82) is 0 Å². The minimum absolute atomic E-state index is 0.0609. The molecule has 2 N–H and O–H groups in total. The van der Waals surface area contributed by atoms with Gasteiger partial charge in [0.15, 0.2) is 0 Å². The Bertz CT molecular complexity index is 1310. The maximum atomic E-state index is 11.8. The van der Waals surface area contributed by atoms with Gasteiger partial charge in [-0.1, -0.05) is 41.8 Å². The molecule has 2 aromatic heterocycles. The number of anilines is 2. The van der Waals surface area contributed by atoms with Crippen LogP contribution in [0.3, 0.4) is 0 Å². The number of thiophene rings is 1. The summed E-state index contributed by atoms with van der Waals surface area (Å²) in [6.45, 7) is 0. The van der Waals surface area contributed by atoms with Crippen molar-refractivity contribution in [2.24, 2.45) is 10.2 Å². The molecule has 5 rings (SSSR count). The van der Waals surface area contributed by atoms with Crippen LogP contribution in [0.4, 0.5) is 22.2 Å². The topological polar surface area (TPSA) is 78.7 Å². The predicted octanol–water partition coefficient (Wildman–Crippen LogP) is 7.01. The molecule has 0 saturated carbocycles. The molecule has 0 atom stereocenters. The molecule has 31 heavy (non-hydrogen) atoms. The molecule has 1 fully saturated rings. The van der Waals surface area contributed by atoms with Crippen molar-refractivity contribution in [3.63, 3.8) is 0 Å². The van der Waals surface area contributed by atoms with Gasteiger partial charge in [0.2, 0.25) is 10.2 Å². The Hall–Kier alpha value is -2.92. The van der Waals surface area contributed by atoms with Crippen molar-refractivity contribution in [3.8, 4) is 0 Å². The molecule has 6 nitrogen and oxygen atoms in total. The summed E-state index contributed by atoms with van der Waals surface area (Å²) < 4.78 is 1.49. The van der Waals surface area contributed by atoms with Gasteiger partial charge in [-0.3, -0.25) is 4.79 Å². The van der Waals surface area contributed by atoms with Crippen LogP contribution >= 0.6 is 46.7 Å². The quantitative estimate of drug-likeness (QED) is 0.182. The number of benzene rings is 2. The number of thiocarbonyl (C=S) groups is 1. The molecular weight excluding hydrogens is 467 g/mol. The number of hydrogen-bond acceptors (Lipinski definition) is 9. The fourth-order valence-electron chi connectivity index (χ4n) is 2.82. The van der Waals surface area contributed by atoms with E-state index in [2.05, 4.69) is 25.8 Å². The lowest BCUT2D eigenvalue weighted by molar-refractivity contribution is -0.107. The number of azo groups is 1. The molecule has 10 heteroatoms. The predicted molar refractivity (Wildman–Crippen MR) is 134 cm³/mol. The van der Waals surface area contributed by atoms with Crippen LogP contribution in [0.1, 0.15) is 4.88 Å². The normalized spacial score (nSPS) is 15.3. The van der Waals surface area contributed by atoms with Crippen LogP contribution in [-0.2, 0) is 4.79 Å². The van der Waals surface area contributed by atoms with Crippen molar-refractivity contribution in [2.45, 2.75) is 0 Å². The van der Waals surface area contributed by atoms with Crippen molar-refractivity contribution < 1.29 is 4.79 Å². The second kappa shape index (κ2) is 8.67. The number of fused-ring (bicyclic) bond motifs is 1. The molecule has 152 valence electrons. The summed E-state index contributed by atoms with van der Waals surface area (Å²) in [6.07, 6.45) is 1.81. The number of thioether (sulfide) groups is 1. The molecule has 0 spiro atoms. The molecule has 3 heterocycles. The first-order valence-corrected chi connectivity index (χ1v) is 12.0. The average molecular weight is 480 g/mol. The zero-order valence-corrected chi connectivity index (χ0v) is 19.0. The Morgan fingerprint density at radius 2 is 1.77 bits per heavy atom. The van der Waals surface area contributed by atoms with E-state index >= 15 is 0 Å². The van der Waals surface area contributed by atoms with Gasteiger partial charge < -0.3 is 10.6 Å². The fourth-order valence-corrected chi connectivity index (χ4v) is 5.69. The highest BCUT2D eigenvalue weighted by molar-refractivity contribution is 8.33. The minimum Gasteiger partial charge on any atom is -0.356 e. The Morgan fingerprint density at radius 1 is 1.00 bits per heavy atom. The highest BCUT2D eigenvalue weighted by Gasteiger charge is 2.22. The summed E-state index contributed by atoms with van der Waals surface area (Å²) in [6, 6.07) is 19.7. The average Bonchev–Trinajstić information content (AvgIpc) is 3.41. The van der Waals surface area contributed by atoms with Crippen molar-refractivity contribution in [3.05, 3.63) is 71.2 Å². The molecule has 2 aromatic carbocycles. The lowest BCUT2D eigenvalue weighted by Crippen LogP contribution is -2.09. The molecular formula is C21H13N5OS4. The lowest BCUT2D eigenvalue weighted by Gasteiger charge is -2.05. The van der Waals surface area contributed by atoms with Crippen LogP contribution in [0, 0.1) is 0 Å². The summed E-state index contributed by atoms with van der Waals surface area (Å²) in [4.78, 5) is 18.2. The van der Waals surface area contributed by atoms with Crippen LogP contribution in [0.25, 0.3) is 15.6 Å². The Labute approximate surface area is 195 Å². The molecule has 1 aliphatic rings. The minimum atomic E-state index is -0.0609. The third-order valence-electron chi connectivity index (χ3n) is 4.21. The van der Waals surface area contributed by atoms with E-state index in [1.165, 1.54) is 22.7 Å². The summed E-state index contributed by atoms with van der Waals surface area (Å²) in [7, 11) is 0. The van der Waals surface area contributed by atoms with Gasteiger partial charge in [0.05, 0.1) is 16.1 Å². The van der Waals surface area contributed by atoms with E-state index in [1.54, 1.807) is 6.08 Å². The Balaban J connectivity index is 1.27. The molecule has 0 radical (unpaired) electrons. The zero-order chi connectivity index (χ0) is 21.2. The van der Waals surface area contributed by atoms with E-state index in [0.29, 0.717) is 15.1 Å². The molecule has 0 aliphatic carbocycles. The number of nitrogens with zero attached hydrogens (tertiary/aromatic N) is 3. The van der Waals surface area contributed by atoms with Gasteiger partial charge in [-0.15, -0.1) is 21.6 Å². The van der Waals surface area contributed by atoms with Crippen molar-refractivity contribution in [1.82, 2.24) is 10.3 Å². The maximum Gasteiger partial charge on any atom is 0.242 e. The first kappa shape index (κ1) is 20.0. The second-order valence-electron chi connectivity index (χ2n) is 6.41. The van der Waals surface area contributed by atoms with E-state index in [0.717, 1.165) is 43.2 Å². The third kappa shape index (κ3) is 4.72. The van der Waals surface area contributed by atoms with E-state index in [-0.39, 0.29) is 5.12 Å². The third-order valence-corrected chi connectivity index (χ3v) is 7.24. The van der Waals surface area contributed by atoms with Crippen LogP contribution < -0.4 is 10.6 Å². The number of carbonyl (C=O) groups excluding carboxylic acids is 1. The smallest absolute Gasteiger partial charge is 0.242 e. The summed E-state index contributed by atoms with van der Waals surface area (Å²) in [5, 5.41) is 15.3. The second-order valence-corrected chi connectivity index (χ2v) is 10.1. The number of nitrogens with one attached hydrogen (secondary N) is 2. The largest absolute Gasteiger partial charge is 0.356 e. The van der Waals surface area contributed by atoms with Gasteiger partial charge in [0, 0.05) is 16.3 Å². The van der Waals surface area contributed by atoms with E-state index in [4.69, 9.17) is 12.2 Å². The molecule has 0 bridgehead atoms. The molecule has 0 amide bonds. The molecule has 1 aliphatic heterocycles. The summed E-state index contributed by atoms with van der Waals surface area (Å²) in [5.74, 6) is 0. The van der Waals surface area contributed by atoms with Gasteiger partial charge in [-0.25, -0.2) is 4.98 Å². The highest BCUT2D eigenvalue weighted by Crippen LogP contribution is 2.36. The zero-order valence-electron chi connectivity index (χ0n) is 15.7. The molecule has 1 saturated heterocycles. The first-order chi connectivity index (χ1) is 15.1. The van der Waals surface area contributed by atoms with Gasteiger partial charge in [0.25, 0.3) is 0 Å². The van der Waals surface area contributed by atoms with Gasteiger partial charge in [-0.2, -0.15) is 0 Å². The standard InChI is InChI=1S/C21H13N5OS4/c27-19-16(23-21(28)31-19)10-15-11-17-18(29-15)24-20(30-17)26-25-14-8-6-13(7-9-14)22-12-4-2-1-3-5-12/h1-11,22H,(H,23,28)/b16-10+,26-25+. The number of aromatic nitrogens is 1. The summed E-state index contributed by atoms with van der Waals surface area (Å²) >= 11 is 9.02. The van der Waals surface area contributed by atoms with Gasteiger partial charge >= 0.3 is 0 Å². The van der Waals surface area contributed by atoms with Crippen LogP contribution in [-0.4, -0.2) is 14.4 Å². The van der Waals surface area contributed by atoms with Crippen LogP contribution in [0.15, 0.2) is 76.6 Å². The lowest BCUT2D eigenvalue weighted by atomic mass is 10.2. The monoisotopic (exact) mass is 479 g/mol. The van der Waals surface area contributed by atoms with Gasteiger partial charge in [0.1, 0.15) is 9.15 Å². The van der Waals surface area contributed by atoms with Crippen LogP contribution in [0.5, 0.6) is 0 Å². The first-order valence-electron chi connectivity index (χ1n) is 9.11. The Morgan fingerprint density at radius 3 is 2.48 bits per heavy atom. The summed E-state index contributed by atoms with van der Waals surface area (Å²) in [5.41, 5.74) is 3.27. The number of hydrogen-bond donors (Lipinski definition) is 2. The van der Waals surface area contributed by atoms with Gasteiger partial charge in [-0.05, 0) is 60.3 Å². The number of thiazole rings is 1. The SMILES string of the molecule is O=C1SC(=S)N/C1=C/c1cc2sc(/N=N/c3ccc(Nc4ccccc4)cc3)nc2s1. The molecule has 0 unspecified atom stereocenters. The highest BCUT2D eigenvalue weighted by atomic mass is 32.2. The number of rotatable bonds is 5. The van der Waals surface area contributed by atoms with Crippen molar-refractivity contribution in [2.75, 3.05) is 5.32 Å². The van der Waals surface area contributed by atoms with E-state index < -0.39 is 0 Å². The molecule has 4 aromatic rings. The van der Waals surface area contributed by atoms with E-state index in [9.17, 15) is 4.79 Å². The number of para-hydroxylation sites is 1. The van der Waals surface area contributed by atoms with E-state index in [1.807, 2.05) is 60.7 Å². The number of carbonyl (C=O) groups is 1. The Kier molecular flexibility index (Phi) is 5.60. The van der Waals surface area contributed by atoms with Crippen LogP contribution in [0.2, 0.25) is 0 Å².